The fraction of sp³-hybridized carbons (Fsp3) is 0.846. The van der Waals surface area contributed by atoms with Gasteiger partial charge in [-0.3, -0.25) is 5.10 Å². The highest BCUT2D eigenvalue weighted by Crippen LogP contribution is 2.18. The summed E-state index contributed by atoms with van der Waals surface area (Å²) in [5.74, 6) is 1.80. The summed E-state index contributed by atoms with van der Waals surface area (Å²) in [5, 5.41) is 7.37. The van der Waals surface area contributed by atoms with Gasteiger partial charge in [-0.05, 0) is 32.1 Å². The molecule has 1 aromatic heterocycles. The Bertz CT molecular complexity index is 393. The lowest BCUT2D eigenvalue weighted by atomic mass is 10.1. The van der Waals surface area contributed by atoms with Gasteiger partial charge in [-0.15, -0.1) is 5.10 Å². The van der Waals surface area contributed by atoms with Crippen LogP contribution >= 0.6 is 0 Å². The van der Waals surface area contributed by atoms with Crippen LogP contribution < -0.4 is 10.6 Å². The second-order valence-corrected chi connectivity index (χ2v) is 5.58. The van der Waals surface area contributed by atoms with E-state index in [1.807, 2.05) is 0 Å². The molecule has 0 aliphatic carbocycles. The van der Waals surface area contributed by atoms with Gasteiger partial charge in [0.15, 0.2) is 0 Å². The van der Waals surface area contributed by atoms with Crippen LogP contribution in [0.25, 0.3) is 0 Å². The van der Waals surface area contributed by atoms with Crippen molar-refractivity contribution in [2.24, 2.45) is 5.73 Å². The Balaban J connectivity index is 1.51. The van der Waals surface area contributed by atoms with Crippen LogP contribution in [0, 0.1) is 0 Å². The maximum atomic E-state index is 5.91. The number of nitrogens with two attached hydrogens (primary N) is 1. The third kappa shape index (κ3) is 3.25. The Morgan fingerprint density at radius 2 is 2.16 bits per heavy atom. The molecule has 0 amide bonds. The zero-order valence-electron chi connectivity index (χ0n) is 11.3. The number of hydrogen-bond donors (Lipinski definition) is 2. The summed E-state index contributed by atoms with van der Waals surface area (Å²) in [6, 6.07) is 0.342. The highest BCUT2D eigenvalue weighted by atomic mass is 16.5. The number of anilines is 1. The molecular formula is C13H23N5O. The van der Waals surface area contributed by atoms with E-state index in [1.54, 1.807) is 0 Å². The molecular weight excluding hydrogens is 242 g/mol. The van der Waals surface area contributed by atoms with Gasteiger partial charge in [-0.1, -0.05) is 0 Å². The minimum absolute atomic E-state index is 0.342. The molecule has 0 aromatic carbocycles. The van der Waals surface area contributed by atoms with Gasteiger partial charge in [0.1, 0.15) is 5.82 Å². The summed E-state index contributed by atoms with van der Waals surface area (Å²) in [7, 11) is 0. The lowest BCUT2D eigenvalue weighted by Gasteiger charge is -2.28. The molecule has 19 heavy (non-hydrogen) atoms. The van der Waals surface area contributed by atoms with Crippen molar-refractivity contribution in [1.82, 2.24) is 15.2 Å². The molecule has 2 aliphatic rings. The van der Waals surface area contributed by atoms with Gasteiger partial charge in [0.25, 0.3) is 0 Å². The highest BCUT2D eigenvalue weighted by Gasteiger charge is 2.20. The molecule has 3 heterocycles. The lowest BCUT2D eigenvalue weighted by Crippen LogP contribution is -2.40. The average Bonchev–Trinajstić information content (AvgIpc) is 3.09. The normalized spacial score (nSPS) is 25.1. The number of hydrogen-bond acceptors (Lipinski definition) is 5. The molecule has 1 aromatic rings. The van der Waals surface area contributed by atoms with Gasteiger partial charge >= 0.3 is 0 Å². The van der Waals surface area contributed by atoms with Crippen molar-refractivity contribution in [1.29, 1.82) is 0 Å². The van der Waals surface area contributed by atoms with E-state index in [4.69, 9.17) is 10.5 Å². The monoisotopic (exact) mass is 265 g/mol. The first-order chi connectivity index (χ1) is 9.31. The summed E-state index contributed by atoms with van der Waals surface area (Å²) in [4.78, 5) is 6.80. The van der Waals surface area contributed by atoms with Gasteiger partial charge < -0.3 is 15.4 Å². The molecule has 3 rings (SSSR count). The van der Waals surface area contributed by atoms with E-state index in [-0.39, 0.29) is 0 Å². The summed E-state index contributed by atoms with van der Waals surface area (Å²) >= 11 is 0. The second-order valence-electron chi connectivity index (χ2n) is 5.58. The van der Waals surface area contributed by atoms with Crippen molar-refractivity contribution >= 4 is 5.95 Å². The predicted octanol–water partition coefficient (Wildman–Crippen LogP) is 0.844. The first kappa shape index (κ1) is 12.9. The van der Waals surface area contributed by atoms with Crippen LogP contribution in [0.5, 0.6) is 0 Å². The maximum absolute atomic E-state index is 5.91. The number of nitrogens with one attached hydrogen (secondary N) is 1. The van der Waals surface area contributed by atoms with E-state index in [2.05, 4.69) is 20.1 Å². The van der Waals surface area contributed by atoms with E-state index in [0.717, 1.165) is 57.2 Å². The largest absolute Gasteiger partial charge is 0.378 e. The van der Waals surface area contributed by atoms with Gasteiger partial charge in [0, 0.05) is 32.2 Å². The molecule has 0 spiro atoms. The summed E-state index contributed by atoms with van der Waals surface area (Å²) in [6.07, 6.45) is 6.82. The van der Waals surface area contributed by atoms with Gasteiger partial charge in [-0.2, -0.15) is 4.98 Å². The molecule has 6 nitrogen and oxygen atoms in total. The minimum atomic E-state index is 0.342. The molecule has 0 bridgehead atoms. The van der Waals surface area contributed by atoms with Crippen molar-refractivity contribution in [3.8, 4) is 0 Å². The van der Waals surface area contributed by atoms with Crippen molar-refractivity contribution < 1.29 is 4.74 Å². The summed E-state index contributed by atoms with van der Waals surface area (Å²) in [5.41, 5.74) is 5.91. The van der Waals surface area contributed by atoms with Crippen molar-refractivity contribution in [2.45, 2.75) is 50.7 Å². The van der Waals surface area contributed by atoms with Crippen LogP contribution in [0.1, 0.15) is 37.9 Å². The molecule has 6 heteroatoms. The van der Waals surface area contributed by atoms with Crippen LogP contribution in [0.4, 0.5) is 5.95 Å². The minimum Gasteiger partial charge on any atom is -0.378 e. The maximum Gasteiger partial charge on any atom is 0.244 e. The van der Waals surface area contributed by atoms with E-state index in [1.165, 1.54) is 12.8 Å². The van der Waals surface area contributed by atoms with E-state index >= 15 is 0 Å². The number of H-pyrrole nitrogens is 1. The first-order valence-electron chi connectivity index (χ1n) is 7.34. The second kappa shape index (κ2) is 5.88. The van der Waals surface area contributed by atoms with E-state index in [0.29, 0.717) is 12.1 Å². The quantitative estimate of drug-likeness (QED) is 0.843. The smallest absolute Gasteiger partial charge is 0.244 e. The van der Waals surface area contributed by atoms with Crippen LogP contribution in [0.15, 0.2) is 0 Å². The van der Waals surface area contributed by atoms with Crippen LogP contribution in [-0.2, 0) is 11.2 Å². The zero-order valence-corrected chi connectivity index (χ0v) is 11.3. The van der Waals surface area contributed by atoms with E-state index < -0.39 is 0 Å². The fourth-order valence-electron chi connectivity index (χ4n) is 2.81. The van der Waals surface area contributed by atoms with Gasteiger partial charge in [-0.25, -0.2) is 0 Å². The molecule has 0 radical (unpaired) electrons. The topological polar surface area (TPSA) is 80.1 Å². The molecule has 1 atom stereocenters. The number of rotatable bonds is 4. The molecule has 2 aliphatic heterocycles. The summed E-state index contributed by atoms with van der Waals surface area (Å²) < 4.78 is 5.62. The average molecular weight is 265 g/mol. The zero-order chi connectivity index (χ0) is 13.1. The highest BCUT2D eigenvalue weighted by molar-refractivity contribution is 5.29. The molecule has 2 saturated heterocycles. The number of aromatic nitrogens is 3. The fourth-order valence-corrected chi connectivity index (χ4v) is 2.81. The third-order valence-corrected chi connectivity index (χ3v) is 4.07. The van der Waals surface area contributed by atoms with Gasteiger partial charge in [0.05, 0.1) is 6.10 Å². The molecule has 1 unspecified atom stereocenters. The van der Waals surface area contributed by atoms with Crippen LogP contribution in [-0.4, -0.2) is 47.0 Å². The van der Waals surface area contributed by atoms with Crippen molar-refractivity contribution in [3.05, 3.63) is 5.82 Å². The molecule has 0 saturated carbocycles. The molecule has 2 fully saturated rings. The Morgan fingerprint density at radius 1 is 1.32 bits per heavy atom. The number of nitrogens with zero attached hydrogens (tertiary/aromatic N) is 3. The molecule has 3 N–H and O–H groups in total. The Hall–Kier alpha value is -1.14. The number of aromatic amines is 1. The lowest BCUT2D eigenvalue weighted by molar-refractivity contribution is 0.104. The van der Waals surface area contributed by atoms with Crippen LogP contribution in [0.2, 0.25) is 0 Å². The van der Waals surface area contributed by atoms with Crippen molar-refractivity contribution in [3.63, 3.8) is 0 Å². The number of ether oxygens (including phenoxy) is 1. The summed E-state index contributed by atoms with van der Waals surface area (Å²) in [6.45, 7) is 2.84. The Kier molecular flexibility index (Phi) is 3.98. The molecule has 106 valence electrons. The van der Waals surface area contributed by atoms with Crippen LogP contribution in [0.3, 0.4) is 0 Å². The standard InChI is InChI=1S/C13H23N5O/c14-10-5-7-18(8-6-10)13-15-12(16-17-13)4-3-11-2-1-9-19-11/h10-11H,1-9,14H2,(H,15,16,17). The Labute approximate surface area is 113 Å². The SMILES string of the molecule is NC1CCN(c2n[nH]c(CCC3CCCO3)n2)CC1. The third-order valence-electron chi connectivity index (χ3n) is 4.07. The predicted molar refractivity (Wildman–Crippen MR) is 73.1 cm³/mol. The first-order valence-corrected chi connectivity index (χ1v) is 7.34. The number of piperidine rings is 1. The van der Waals surface area contributed by atoms with Gasteiger partial charge in [0.2, 0.25) is 5.95 Å². The Morgan fingerprint density at radius 3 is 2.89 bits per heavy atom. The van der Waals surface area contributed by atoms with Crippen molar-refractivity contribution in [2.75, 3.05) is 24.6 Å². The number of aryl methyl sites for hydroxylation is 1. The van der Waals surface area contributed by atoms with E-state index in [9.17, 15) is 0 Å².